The molecule has 112 valence electrons. The van der Waals surface area contributed by atoms with Crippen molar-refractivity contribution >= 4 is 15.9 Å². The quantitative estimate of drug-likeness (QED) is 0.848. The van der Waals surface area contributed by atoms with E-state index in [2.05, 4.69) is 26.0 Å². The van der Waals surface area contributed by atoms with E-state index >= 15 is 0 Å². The van der Waals surface area contributed by atoms with Gasteiger partial charge in [0.2, 0.25) is 0 Å². The molecule has 0 heterocycles. The monoisotopic (exact) mass is 359 g/mol. The highest BCUT2D eigenvalue weighted by Gasteiger charge is 2.18. The summed E-state index contributed by atoms with van der Waals surface area (Å²) in [4.78, 5) is 0. The van der Waals surface area contributed by atoms with E-state index in [4.69, 9.17) is 0 Å². The van der Waals surface area contributed by atoms with Crippen LogP contribution in [-0.4, -0.2) is 13.7 Å². The Kier molecular flexibility index (Phi) is 5.25. The molecule has 0 fully saturated rings. The topological polar surface area (TPSA) is 21.3 Å². The molecular weight excluding hydrogens is 347 g/mol. The summed E-state index contributed by atoms with van der Waals surface area (Å²) in [5.74, 6) is -0.352. The van der Waals surface area contributed by atoms with Crippen LogP contribution < -0.4 is 10.1 Å². The van der Waals surface area contributed by atoms with Crippen molar-refractivity contribution in [2.75, 3.05) is 7.05 Å². The number of rotatable bonds is 5. The van der Waals surface area contributed by atoms with Crippen molar-refractivity contribution < 1.29 is 17.9 Å². The van der Waals surface area contributed by atoms with E-state index in [-0.39, 0.29) is 5.75 Å². The van der Waals surface area contributed by atoms with Gasteiger partial charge in [0, 0.05) is 5.56 Å². The number of hydrogen-bond donors (Lipinski definition) is 1. The van der Waals surface area contributed by atoms with E-state index in [0.29, 0.717) is 15.6 Å². The predicted octanol–water partition coefficient (Wildman–Crippen LogP) is 4.50. The molecule has 0 amide bonds. The molecule has 0 aliphatic rings. The fourth-order valence-corrected chi connectivity index (χ4v) is 2.50. The smallest absolute Gasteiger partial charge is 0.387 e. The molecule has 0 saturated carbocycles. The lowest BCUT2D eigenvalue weighted by Gasteiger charge is -2.19. The van der Waals surface area contributed by atoms with Gasteiger partial charge in [0.15, 0.2) is 0 Å². The van der Waals surface area contributed by atoms with Crippen molar-refractivity contribution in [1.82, 2.24) is 5.32 Å². The van der Waals surface area contributed by atoms with Gasteiger partial charge in [0.05, 0.1) is 10.5 Å². The Bertz CT molecular complexity index is 622. The molecular formula is C15H13BrF3NO. The van der Waals surface area contributed by atoms with Gasteiger partial charge in [-0.2, -0.15) is 8.78 Å². The van der Waals surface area contributed by atoms with Crippen LogP contribution in [0.25, 0.3) is 0 Å². The molecule has 0 saturated heterocycles. The molecule has 2 rings (SSSR count). The van der Waals surface area contributed by atoms with Gasteiger partial charge in [0.25, 0.3) is 0 Å². The third-order valence-corrected chi connectivity index (χ3v) is 3.61. The van der Waals surface area contributed by atoms with E-state index in [1.165, 1.54) is 12.1 Å². The third-order valence-electron chi connectivity index (χ3n) is 3.00. The zero-order valence-electron chi connectivity index (χ0n) is 11.1. The van der Waals surface area contributed by atoms with E-state index in [9.17, 15) is 13.2 Å². The average Bonchev–Trinajstić information content (AvgIpc) is 2.44. The zero-order chi connectivity index (χ0) is 15.4. The molecule has 1 atom stereocenters. The largest absolute Gasteiger partial charge is 0.435 e. The van der Waals surface area contributed by atoms with Crippen LogP contribution in [0.1, 0.15) is 17.2 Å². The van der Waals surface area contributed by atoms with Crippen LogP contribution in [0.15, 0.2) is 46.9 Å². The van der Waals surface area contributed by atoms with Crippen molar-refractivity contribution in [3.05, 3.63) is 63.9 Å². The summed E-state index contributed by atoms with van der Waals surface area (Å²) in [5.41, 5.74) is 1.05. The molecule has 0 aliphatic heterocycles. The number of nitrogens with one attached hydrogen (secondary N) is 1. The van der Waals surface area contributed by atoms with Gasteiger partial charge in [-0.1, -0.05) is 24.3 Å². The zero-order valence-corrected chi connectivity index (χ0v) is 12.7. The number of hydrogen-bond acceptors (Lipinski definition) is 2. The van der Waals surface area contributed by atoms with Crippen LogP contribution in [0, 0.1) is 5.82 Å². The standard InChI is InChI=1S/C15H13BrF3NO/c1-20-14(11-6-3-7-12(16)13(11)17)9-4-2-5-10(8-9)21-15(18)19/h2-8,14-15,20H,1H3. The van der Waals surface area contributed by atoms with Crippen LogP contribution in [0.3, 0.4) is 0 Å². The number of halogens is 4. The second kappa shape index (κ2) is 6.95. The number of benzene rings is 2. The Balaban J connectivity index is 2.39. The second-order valence-electron chi connectivity index (χ2n) is 4.32. The van der Waals surface area contributed by atoms with E-state index in [1.807, 2.05) is 0 Å². The fourth-order valence-electron chi connectivity index (χ4n) is 2.12. The first kappa shape index (κ1) is 15.9. The van der Waals surface area contributed by atoms with E-state index < -0.39 is 18.5 Å². The van der Waals surface area contributed by atoms with Gasteiger partial charge >= 0.3 is 6.61 Å². The van der Waals surface area contributed by atoms with Crippen molar-refractivity contribution in [3.63, 3.8) is 0 Å². The molecule has 2 nitrogen and oxygen atoms in total. The summed E-state index contributed by atoms with van der Waals surface area (Å²) >= 11 is 3.14. The summed E-state index contributed by atoms with van der Waals surface area (Å²) in [6.07, 6.45) is 0. The molecule has 0 bridgehead atoms. The van der Waals surface area contributed by atoms with Gasteiger partial charge in [0.1, 0.15) is 11.6 Å². The van der Waals surface area contributed by atoms with Crippen LogP contribution in [0.5, 0.6) is 5.75 Å². The minimum absolute atomic E-state index is 0.0400. The first-order valence-electron chi connectivity index (χ1n) is 6.19. The van der Waals surface area contributed by atoms with E-state index in [0.717, 1.165) is 0 Å². The lowest BCUT2D eigenvalue weighted by Crippen LogP contribution is -2.19. The van der Waals surface area contributed by atoms with Gasteiger partial charge in [-0.05, 0) is 46.7 Å². The van der Waals surface area contributed by atoms with Crippen molar-refractivity contribution in [2.24, 2.45) is 0 Å². The van der Waals surface area contributed by atoms with E-state index in [1.54, 1.807) is 37.4 Å². The molecule has 2 aromatic carbocycles. The van der Waals surface area contributed by atoms with Gasteiger partial charge < -0.3 is 10.1 Å². The van der Waals surface area contributed by atoms with Crippen LogP contribution in [0.2, 0.25) is 0 Å². The van der Waals surface area contributed by atoms with Crippen molar-refractivity contribution in [3.8, 4) is 5.75 Å². The number of alkyl halides is 2. The summed E-state index contributed by atoms with van der Waals surface area (Å²) < 4.78 is 43.5. The highest BCUT2D eigenvalue weighted by molar-refractivity contribution is 9.10. The Morgan fingerprint density at radius 3 is 2.52 bits per heavy atom. The Labute approximate surface area is 129 Å². The van der Waals surface area contributed by atoms with Crippen LogP contribution in [0.4, 0.5) is 13.2 Å². The van der Waals surface area contributed by atoms with Crippen molar-refractivity contribution in [2.45, 2.75) is 12.7 Å². The number of ether oxygens (including phenoxy) is 1. The van der Waals surface area contributed by atoms with Crippen LogP contribution >= 0.6 is 15.9 Å². The molecule has 0 spiro atoms. The lowest BCUT2D eigenvalue weighted by atomic mass is 9.98. The maximum Gasteiger partial charge on any atom is 0.387 e. The highest BCUT2D eigenvalue weighted by Crippen LogP contribution is 2.30. The third kappa shape index (κ3) is 3.77. The summed E-state index contributed by atoms with van der Waals surface area (Å²) in [7, 11) is 1.67. The maximum absolute atomic E-state index is 14.2. The lowest BCUT2D eigenvalue weighted by molar-refractivity contribution is -0.0498. The Morgan fingerprint density at radius 2 is 1.86 bits per heavy atom. The van der Waals surface area contributed by atoms with Gasteiger partial charge in [-0.25, -0.2) is 4.39 Å². The van der Waals surface area contributed by atoms with Crippen LogP contribution in [-0.2, 0) is 0 Å². The van der Waals surface area contributed by atoms with Gasteiger partial charge in [-0.15, -0.1) is 0 Å². The first-order chi connectivity index (χ1) is 10.0. The molecule has 21 heavy (non-hydrogen) atoms. The maximum atomic E-state index is 14.2. The van der Waals surface area contributed by atoms with Gasteiger partial charge in [-0.3, -0.25) is 0 Å². The summed E-state index contributed by atoms with van der Waals surface area (Å²) in [5, 5.41) is 2.98. The summed E-state index contributed by atoms with van der Waals surface area (Å²) in [6.45, 7) is -2.89. The molecule has 6 heteroatoms. The molecule has 0 aromatic heterocycles. The highest BCUT2D eigenvalue weighted by atomic mass is 79.9. The normalized spacial score (nSPS) is 12.5. The molecule has 0 radical (unpaired) electrons. The van der Waals surface area contributed by atoms with Crippen molar-refractivity contribution in [1.29, 1.82) is 0 Å². The second-order valence-corrected chi connectivity index (χ2v) is 5.17. The fraction of sp³-hybridized carbons (Fsp3) is 0.200. The average molecular weight is 360 g/mol. The Morgan fingerprint density at radius 1 is 1.14 bits per heavy atom. The first-order valence-corrected chi connectivity index (χ1v) is 6.98. The predicted molar refractivity (Wildman–Crippen MR) is 78.1 cm³/mol. The molecule has 1 N–H and O–H groups in total. The minimum Gasteiger partial charge on any atom is -0.435 e. The minimum atomic E-state index is -2.89. The molecule has 1 unspecified atom stereocenters. The Hall–Kier alpha value is -1.53. The molecule has 0 aliphatic carbocycles. The SMILES string of the molecule is CNC(c1cccc(OC(F)F)c1)c1cccc(Br)c1F. The summed E-state index contributed by atoms with van der Waals surface area (Å²) in [6, 6.07) is 10.7. The molecule has 2 aromatic rings.